The standard InChI is InChI=1S/C15H21NO3/c1-4-6-7-8-9-13-10-11-15(13,16-12(3)17)14(18)19-5-2/h8-9,13H,4-7H2,1-3H3,(H,16,17). The molecule has 0 fully saturated rings. The zero-order chi connectivity index (χ0) is 14.3. The van der Waals surface area contributed by atoms with Crippen molar-refractivity contribution in [1.29, 1.82) is 0 Å². The lowest BCUT2D eigenvalue weighted by Crippen LogP contribution is -2.61. The number of hydrogen-bond donors (Lipinski definition) is 1. The van der Waals surface area contributed by atoms with Gasteiger partial charge in [0.15, 0.2) is 0 Å². The zero-order valence-electron chi connectivity index (χ0n) is 11.8. The summed E-state index contributed by atoms with van der Waals surface area (Å²) < 4.78 is 5.02. The first-order valence-electron chi connectivity index (χ1n) is 6.72. The summed E-state index contributed by atoms with van der Waals surface area (Å²) in [5, 5.41) is 2.63. The Morgan fingerprint density at radius 1 is 1.42 bits per heavy atom. The van der Waals surface area contributed by atoms with Crippen LogP contribution in [-0.2, 0) is 14.3 Å². The van der Waals surface area contributed by atoms with Crippen LogP contribution in [-0.4, -0.2) is 24.0 Å². The van der Waals surface area contributed by atoms with Crippen LogP contribution in [0.2, 0.25) is 0 Å². The second kappa shape index (κ2) is 6.98. The SMILES string of the molecule is CCCCC=CC1C#CC1(NC(C)=O)C(=O)OCC. The van der Waals surface area contributed by atoms with Crippen molar-refractivity contribution in [2.45, 2.75) is 45.6 Å². The topological polar surface area (TPSA) is 55.4 Å². The Labute approximate surface area is 114 Å². The molecule has 0 saturated heterocycles. The molecule has 0 radical (unpaired) electrons. The lowest BCUT2D eigenvalue weighted by Gasteiger charge is -2.35. The average Bonchev–Trinajstić information content (AvgIpc) is 2.34. The van der Waals surface area contributed by atoms with Crippen LogP contribution in [0, 0.1) is 17.8 Å². The molecule has 0 heterocycles. The molecular weight excluding hydrogens is 242 g/mol. The van der Waals surface area contributed by atoms with E-state index in [2.05, 4.69) is 24.1 Å². The Hall–Kier alpha value is -1.76. The summed E-state index contributed by atoms with van der Waals surface area (Å²) >= 11 is 0. The van der Waals surface area contributed by atoms with Crippen LogP contribution in [0.15, 0.2) is 12.2 Å². The third-order valence-corrected chi connectivity index (χ3v) is 2.91. The Bertz CT molecular complexity index is 430. The first-order valence-corrected chi connectivity index (χ1v) is 6.72. The van der Waals surface area contributed by atoms with Crippen molar-refractivity contribution in [3.05, 3.63) is 12.2 Å². The molecule has 0 aromatic rings. The van der Waals surface area contributed by atoms with E-state index in [0.717, 1.165) is 19.3 Å². The summed E-state index contributed by atoms with van der Waals surface area (Å²) in [5.74, 6) is 4.60. The minimum atomic E-state index is -1.19. The molecule has 0 aromatic carbocycles. The van der Waals surface area contributed by atoms with E-state index >= 15 is 0 Å². The first kappa shape index (κ1) is 15.3. The third-order valence-electron chi connectivity index (χ3n) is 2.91. The summed E-state index contributed by atoms with van der Waals surface area (Å²) in [7, 11) is 0. The number of unbranched alkanes of at least 4 members (excludes halogenated alkanes) is 2. The van der Waals surface area contributed by atoms with Crippen LogP contribution in [0.5, 0.6) is 0 Å². The molecule has 0 saturated carbocycles. The molecule has 0 bridgehead atoms. The second-order valence-corrected chi connectivity index (χ2v) is 4.53. The van der Waals surface area contributed by atoms with Gasteiger partial charge in [-0.2, -0.15) is 0 Å². The van der Waals surface area contributed by atoms with Crippen molar-refractivity contribution in [2.24, 2.45) is 5.92 Å². The minimum Gasteiger partial charge on any atom is -0.463 e. The summed E-state index contributed by atoms with van der Waals surface area (Å²) in [6.07, 6.45) is 7.07. The molecule has 19 heavy (non-hydrogen) atoms. The normalized spacial score (nSPS) is 24.3. The van der Waals surface area contributed by atoms with Gasteiger partial charge in [0.25, 0.3) is 0 Å². The molecule has 0 spiro atoms. The van der Waals surface area contributed by atoms with Crippen molar-refractivity contribution in [2.75, 3.05) is 6.61 Å². The number of ether oxygens (including phenoxy) is 1. The molecule has 1 rings (SSSR count). The predicted molar refractivity (Wildman–Crippen MR) is 73.1 cm³/mol. The minimum absolute atomic E-state index is 0.272. The predicted octanol–water partition coefficient (Wildman–Crippen LogP) is 1.80. The maximum Gasteiger partial charge on any atom is 0.346 e. The van der Waals surface area contributed by atoms with Crippen LogP contribution in [0.4, 0.5) is 0 Å². The molecule has 2 unspecified atom stereocenters. The van der Waals surface area contributed by atoms with Gasteiger partial charge < -0.3 is 10.1 Å². The van der Waals surface area contributed by atoms with E-state index in [4.69, 9.17) is 4.74 Å². The van der Waals surface area contributed by atoms with Gasteiger partial charge in [-0.3, -0.25) is 4.79 Å². The fourth-order valence-electron chi connectivity index (χ4n) is 1.91. The Balaban J connectivity index is 2.77. The number of esters is 1. The smallest absolute Gasteiger partial charge is 0.346 e. The second-order valence-electron chi connectivity index (χ2n) is 4.53. The van der Waals surface area contributed by atoms with Gasteiger partial charge in [0.1, 0.15) is 0 Å². The van der Waals surface area contributed by atoms with E-state index in [1.165, 1.54) is 6.92 Å². The van der Waals surface area contributed by atoms with Gasteiger partial charge >= 0.3 is 5.97 Å². The van der Waals surface area contributed by atoms with Crippen LogP contribution < -0.4 is 5.32 Å². The molecule has 2 atom stereocenters. The first-order chi connectivity index (χ1) is 9.06. The quantitative estimate of drug-likeness (QED) is 0.330. The zero-order valence-corrected chi connectivity index (χ0v) is 11.8. The fraction of sp³-hybridized carbons (Fsp3) is 0.600. The maximum absolute atomic E-state index is 12.0. The summed E-state index contributed by atoms with van der Waals surface area (Å²) in [6, 6.07) is 0. The van der Waals surface area contributed by atoms with Crippen LogP contribution in [0.3, 0.4) is 0 Å². The highest BCUT2D eigenvalue weighted by Crippen LogP contribution is 2.27. The third kappa shape index (κ3) is 3.60. The van der Waals surface area contributed by atoms with Gasteiger partial charge in [-0.1, -0.05) is 43.8 Å². The van der Waals surface area contributed by atoms with E-state index in [9.17, 15) is 9.59 Å². The van der Waals surface area contributed by atoms with Crippen LogP contribution in [0.25, 0.3) is 0 Å². The number of carbonyl (C=O) groups excluding carboxylic acids is 2. The van der Waals surface area contributed by atoms with Gasteiger partial charge in [0.05, 0.1) is 12.5 Å². The molecule has 1 aliphatic carbocycles. The van der Waals surface area contributed by atoms with Gasteiger partial charge in [0.2, 0.25) is 11.4 Å². The van der Waals surface area contributed by atoms with Crippen LogP contribution >= 0.6 is 0 Å². The summed E-state index contributed by atoms with van der Waals surface area (Å²) in [4.78, 5) is 23.3. The molecule has 104 valence electrons. The average molecular weight is 263 g/mol. The Morgan fingerprint density at radius 2 is 2.16 bits per heavy atom. The van der Waals surface area contributed by atoms with Crippen molar-refractivity contribution in [3.63, 3.8) is 0 Å². The molecule has 0 aromatic heterocycles. The number of amides is 1. The Kier molecular flexibility index (Phi) is 5.62. The van der Waals surface area contributed by atoms with Crippen molar-refractivity contribution in [3.8, 4) is 11.8 Å². The molecule has 4 nitrogen and oxygen atoms in total. The largest absolute Gasteiger partial charge is 0.463 e. The van der Waals surface area contributed by atoms with E-state index in [0.29, 0.717) is 0 Å². The Morgan fingerprint density at radius 3 is 2.63 bits per heavy atom. The van der Waals surface area contributed by atoms with E-state index in [-0.39, 0.29) is 18.4 Å². The highest BCUT2D eigenvalue weighted by molar-refractivity contribution is 5.94. The molecule has 1 aliphatic rings. The molecule has 0 aliphatic heterocycles. The van der Waals surface area contributed by atoms with E-state index in [1.807, 2.05) is 12.2 Å². The van der Waals surface area contributed by atoms with E-state index in [1.54, 1.807) is 6.92 Å². The molecule has 1 N–H and O–H groups in total. The summed E-state index contributed by atoms with van der Waals surface area (Å²) in [5.41, 5.74) is -1.19. The maximum atomic E-state index is 12.0. The number of allylic oxidation sites excluding steroid dienone is 1. The van der Waals surface area contributed by atoms with E-state index < -0.39 is 11.5 Å². The highest BCUT2D eigenvalue weighted by Gasteiger charge is 2.49. The number of hydrogen-bond acceptors (Lipinski definition) is 3. The fourth-order valence-corrected chi connectivity index (χ4v) is 1.91. The van der Waals surface area contributed by atoms with Gasteiger partial charge in [-0.05, 0) is 13.3 Å². The van der Waals surface area contributed by atoms with Crippen molar-refractivity contribution >= 4 is 11.9 Å². The lowest BCUT2D eigenvalue weighted by molar-refractivity contribution is -0.151. The van der Waals surface area contributed by atoms with Crippen molar-refractivity contribution in [1.82, 2.24) is 5.32 Å². The lowest BCUT2D eigenvalue weighted by atomic mass is 9.76. The molecule has 1 amide bonds. The van der Waals surface area contributed by atoms with Gasteiger partial charge in [-0.15, -0.1) is 0 Å². The number of nitrogens with one attached hydrogen (secondary N) is 1. The molecular formula is C15H21NO3. The number of carbonyl (C=O) groups is 2. The summed E-state index contributed by atoms with van der Waals surface area (Å²) in [6.45, 7) is 5.50. The monoisotopic (exact) mass is 263 g/mol. The van der Waals surface area contributed by atoms with Crippen LogP contribution in [0.1, 0.15) is 40.0 Å². The van der Waals surface area contributed by atoms with Gasteiger partial charge in [-0.25, -0.2) is 4.79 Å². The van der Waals surface area contributed by atoms with Gasteiger partial charge in [0, 0.05) is 6.92 Å². The molecule has 4 heteroatoms. The van der Waals surface area contributed by atoms with Crippen molar-refractivity contribution < 1.29 is 14.3 Å². The number of rotatable bonds is 7. The highest BCUT2D eigenvalue weighted by atomic mass is 16.5.